The average molecular weight is 439 g/mol. The Morgan fingerprint density at radius 2 is 1.21 bits per heavy atom. The molecule has 5 rings (SSSR count). The lowest BCUT2D eigenvalue weighted by Gasteiger charge is -2.38. The molecule has 1 heterocycles. The van der Waals surface area contributed by atoms with Gasteiger partial charge in [0.25, 0.3) is 0 Å². The molecule has 1 N–H and O–H groups in total. The summed E-state index contributed by atoms with van der Waals surface area (Å²) >= 11 is 3.67. The van der Waals surface area contributed by atoms with Crippen molar-refractivity contribution in [3.05, 3.63) is 136 Å². The van der Waals surface area contributed by atoms with Gasteiger partial charge in [-0.15, -0.1) is 0 Å². The molecule has 3 heteroatoms. The fourth-order valence-electron chi connectivity index (χ4n) is 4.01. The van der Waals surface area contributed by atoms with E-state index in [-0.39, 0.29) is 0 Å². The molecule has 4 aromatic carbocycles. The first-order valence-corrected chi connectivity index (χ1v) is 10.4. The van der Waals surface area contributed by atoms with Crippen molar-refractivity contribution in [3.63, 3.8) is 0 Å². The number of hydrogen-bond acceptors (Lipinski definition) is 2. The second-order valence-electron chi connectivity index (χ2n) is 7.08. The first-order chi connectivity index (χ1) is 14.3. The van der Waals surface area contributed by atoms with Crippen LogP contribution in [0.25, 0.3) is 0 Å². The van der Waals surface area contributed by atoms with E-state index < -0.39 is 5.54 Å². The van der Waals surface area contributed by atoms with Crippen LogP contribution in [0.15, 0.2) is 119 Å². The summed E-state index contributed by atoms with van der Waals surface area (Å²) in [5.41, 5.74) is 4.90. The molecular formula is C26H19BrN2. The number of hydrogen-bond donors (Lipinski definition) is 1. The third kappa shape index (κ3) is 3.08. The third-order valence-electron chi connectivity index (χ3n) is 5.33. The zero-order valence-corrected chi connectivity index (χ0v) is 17.3. The van der Waals surface area contributed by atoms with E-state index in [1.54, 1.807) is 0 Å². The predicted octanol–water partition coefficient (Wildman–Crippen LogP) is 6.61. The van der Waals surface area contributed by atoms with Crippen LogP contribution in [0.2, 0.25) is 0 Å². The van der Waals surface area contributed by atoms with Crippen LogP contribution in [0.5, 0.6) is 0 Å². The van der Waals surface area contributed by atoms with Gasteiger partial charge in [0.05, 0.1) is 0 Å². The summed E-state index contributed by atoms with van der Waals surface area (Å²) in [6, 6.07) is 37.7. The number of amidine groups is 1. The highest BCUT2D eigenvalue weighted by atomic mass is 79.9. The Hall–Kier alpha value is -3.17. The highest BCUT2D eigenvalue weighted by Crippen LogP contribution is 2.47. The van der Waals surface area contributed by atoms with Gasteiger partial charge in [-0.2, -0.15) is 0 Å². The van der Waals surface area contributed by atoms with E-state index in [0.29, 0.717) is 0 Å². The maximum Gasteiger partial charge on any atom is 0.140 e. The summed E-state index contributed by atoms with van der Waals surface area (Å²) in [6.07, 6.45) is 0. The zero-order chi connectivity index (χ0) is 19.7. The lowest BCUT2D eigenvalue weighted by Crippen LogP contribution is -2.36. The Morgan fingerprint density at radius 3 is 1.79 bits per heavy atom. The standard InChI is InChI=1S/C26H19BrN2/c27-22-16-17-24-23(18-22)26(20-12-6-2-7-13-20,21-14-8-3-9-15-21)29-25(28-24)19-10-4-1-5-11-19/h1-18H,(H,28,29). The summed E-state index contributed by atoms with van der Waals surface area (Å²) in [6.45, 7) is 0. The number of rotatable bonds is 3. The molecule has 0 saturated heterocycles. The second-order valence-corrected chi connectivity index (χ2v) is 8.00. The van der Waals surface area contributed by atoms with Crippen molar-refractivity contribution in [2.45, 2.75) is 5.54 Å². The summed E-state index contributed by atoms with van der Waals surface area (Å²) in [4.78, 5) is 5.39. The van der Waals surface area contributed by atoms with Crippen LogP contribution in [0, 0.1) is 0 Å². The van der Waals surface area contributed by atoms with Crippen molar-refractivity contribution in [1.82, 2.24) is 0 Å². The smallest absolute Gasteiger partial charge is 0.140 e. The van der Waals surface area contributed by atoms with Gasteiger partial charge in [-0.05, 0) is 29.3 Å². The van der Waals surface area contributed by atoms with Gasteiger partial charge in [0, 0.05) is 21.3 Å². The molecule has 0 fully saturated rings. The Bertz CT molecular complexity index is 1130. The van der Waals surface area contributed by atoms with E-state index in [0.717, 1.165) is 38.2 Å². The lowest BCUT2D eigenvalue weighted by molar-refractivity contribution is 0.651. The van der Waals surface area contributed by atoms with Gasteiger partial charge >= 0.3 is 0 Å². The predicted molar refractivity (Wildman–Crippen MR) is 124 cm³/mol. The van der Waals surface area contributed by atoms with Crippen LogP contribution >= 0.6 is 15.9 Å². The molecule has 1 aliphatic rings. The molecule has 29 heavy (non-hydrogen) atoms. The van der Waals surface area contributed by atoms with E-state index in [4.69, 9.17) is 4.99 Å². The molecule has 0 aromatic heterocycles. The van der Waals surface area contributed by atoms with Crippen molar-refractivity contribution < 1.29 is 0 Å². The quantitative estimate of drug-likeness (QED) is 0.382. The molecule has 0 radical (unpaired) electrons. The van der Waals surface area contributed by atoms with Gasteiger partial charge in [-0.1, -0.05) is 107 Å². The summed E-state index contributed by atoms with van der Waals surface area (Å²) < 4.78 is 1.03. The molecule has 1 aliphatic heterocycles. The van der Waals surface area contributed by atoms with E-state index in [9.17, 15) is 0 Å². The average Bonchev–Trinajstić information content (AvgIpc) is 2.80. The van der Waals surface area contributed by atoms with Gasteiger partial charge in [0.2, 0.25) is 0 Å². The largest absolute Gasteiger partial charge is 0.340 e. The number of nitrogens with one attached hydrogen (secondary N) is 1. The molecule has 4 aromatic rings. The van der Waals surface area contributed by atoms with Crippen LogP contribution in [0.3, 0.4) is 0 Å². The minimum absolute atomic E-state index is 0.641. The Morgan fingerprint density at radius 1 is 0.655 bits per heavy atom. The highest BCUT2D eigenvalue weighted by Gasteiger charge is 2.41. The number of fused-ring (bicyclic) bond motifs is 1. The van der Waals surface area contributed by atoms with E-state index in [2.05, 4.69) is 100 Å². The van der Waals surface area contributed by atoms with Crippen LogP contribution in [0.4, 0.5) is 5.69 Å². The fourth-order valence-corrected chi connectivity index (χ4v) is 4.37. The van der Waals surface area contributed by atoms with Gasteiger partial charge < -0.3 is 5.32 Å². The molecule has 0 bridgehead atoms. The van der Waals surface area contributed by atoms with Gasteiger partial charge in [-0.3, -0.25) is 0 Å². The van der Waals surface area contributed by atoms with Crippen LogP contribution in [-0.2, 0) is 5.54 Å². The van der Waals surface area contributed by atoms with Crippen molar-refractivity contribution in [2.75, 3.05) is 5.32 Å². The highest BCUT2D eigenvalue weighted by molar-refractivity contribution is 9.10. The number of anilines is 1. The van der Waals surface area contributed by atoms with Crippen LogP contribution in [0.1, 0.15) is 22.3 Å². The van der Waals surface area contributed by atoms with Crippen molar-refractivity contribution in [2.24, 2.45) is 4.99 Å². The summed E-state index contributed by atoms with van der Waals surface area (Å²) in [5, 5.41) is 3.56. The number of benzene rings is 4. The van der Waals surface area contributed by atoms with Crippen molar-refractivity contribution in [3.8, 4) is 0 Å². The maximum atomic E-state index is 5.39. The minimum Gasteiger partial charge on any atom is -0.340 e. The molecule has 0 spiro atoms. The number of halogens is 1. The maximum absolute atomic E-state index is 5.39. The van der Waals surface area contributed by atoms with Crippen molar-refractivity contribution in [1.29, 1.82) is 0 Å². The molecule has 140 valence electrons. The molecular weight excluding hydrogens is 420 g/mol. The Balaban J connectivity index is 1.88. The molecule has 0 amide bonds. The van der Waals surface area contributed by atoms with Gasteiger partial charge in [-0.25, -0.2) is 4.99 Å². The van der Waals surface area contributed by atoms with Crippen LogP contribution < -0.4 is 5.32 Å². The topological polar surface area (TPSA) is 24.4 Å². The van der Waals surface area contributed by atoms with E-state index in [1.807, 2.05) is 30.3 Å². The minimum atomic E-state index is -0.641. The van der Waals surface area contributed by atoms with Gasteiger partial charge in [0.15, 0.2) is 0 Å². The monoisotopic (exact) mass is 438 g/mol. The molecule has 0 aliphatic carbocycles. The summed E-state index contributed by atoms with van der Waals surface area (Å²) in [7, 11) is 0. The lowest BCUT2D eigenvalue weighted by atomic mass is 9.76. The van der Waals surface area contributed by atoms with E-state index in [1.165, 1.54) is 0 Å². The molecule has 0 saturated carbocycles. The normalized spacial score (nSPS) is 14.4. The Kier molecular flexibility index (Phi) is 4.53. The second kappa shape index (κ2) is 7.34. The van der Waals surface area contributed by atoms with Gasteiger partial charge in [0.1, 0.15) is 11.4 Å². The van der Waals surface area contributed by atoms with E-state index >= 15 is 0 Å². The zero-order valence-electron chi connectivity index (χ0n) is 15.7. The molecule has 2 nitrogen and oxygen atoms in total. The number of nitrogens with zero attached hydrogens (tertiary/aromatic N) is 1. The van der Waals surface area contributed by atoms with Crippen molar-refractivity contribution >= 4 is 27.5 Å². The summed E-state index contributed by atoms with van der Waals surface area (Å²) in [5.74, 6) is 0.869. The molecule has 0 atom stereocenters. The van der Waals surface area contributed by atoms with Crippen LogP contribution in [-0.4, -0.2) is 5.84 Å². The SMILES string of the molecule is Brc1ccc2c(c1)C(c1ccccc1)(c1ccccc1)N=C(c1ccccc1)N2. The first-order valence-electron chi connectivity index (χ1n) is 9.61. The third-order valence-corrected chi connectivity index (χ3v) is 5.83. The first kappa shape index (κ1) is 17.9. The molecule has 0 unspecified atom stereocenters. The number of aliphatic imine (C=N–C) groups is 1. The fraction of sp³-hybridized carbons (Fsp3) is 0.0385. The Labute approximate surface area is 179 Å².